The van der Waals surface area contributed by atoms with Crippen molar-refractivity contribution in [1.29, 1.82) is 0 Å². The van der Waals surface area contributed by atoms with E-state index in [0.717, 1.165) is 6.42 Å². The second-order valence-corrected chi connectivity index (χ2v) is 7.14. The number of non-ortho nitro benzene ring substituents is 1. The first-order chi connectivity index (χ1) is 13.8. The van der Waals surface area contributed by atoms with Gasteiger partial charge in [0.15, 0.2) is 0 Å². The SMILES string of the molecule is CCCCN1C(=O)C(=O)/C(=C(/O)c2ccc([N+](=O)[O-])cc2)C1c1ccc(Cl)cc1. The summed E-state index contributed by atoms with van der Waals surface area (Å²) in [6.07, 6.45) is 1.54. The van der Waals surface area contributed by atoms with Crippen LogP contribution in [0.25, 0.3) is 5.76 Å². The van der Waals surface area contributed by atoms with Gasteiger partial charge in [-0.3, -0.25) is 19.7 Å². The number of ketones is 1. The first-order valence-corrected chi connectivity index (χ1v) is 9.51. The second kappa shape index (κ2) is 8.45. The minimum Gasteiger partial charge on any atom is -0.507 e. The van der Waals surface area contributed by atoms with E-state index < -0.39 is 22.7 Å². The zero-order chi connectivity index (χ0) is 21.1. The number of halogens is 1. The Bertz CT molecular complexity index is 983. The molecule has 2 aromatic rings. The van der Waals surface area contributed by atoms with E-state index in [4.69, 9.17) is 11.6 Å². The van der Waals surface area contributed by atoms with Crippen LogP contribution in [-0.2, 0) is 9.59 Å². The van der Waals surface area contributed by atoms with Gasteiger partial charge in [-0.2, -0.15) is 0 Å². The van der Waals surface area contributed by atoms with Gasteiger partial charge in [-0.1, -0.05) is 37.1 Å². The van der Waals surface area contributed by atoms with Crippen LogP contribution in [0.5, 0.6) is 0 Å². The van der Waals surface area contributed by atoms with Gasteiger partial charge in [0.2, 0.25) is 0 Å². The number of carbonyl (C=O) groups excluding carboxylic acids is 2. The van der Waals surface area contributed by atoms with Crippen molar-refractivity contribution >= 4 is 34.7 Å². The van der Waals surface area contributed by atoms with Crippen LogP contribution in [0.2, 0.25) is 5.02 Å². The Morgan fingerprint density at radius 3 is 2.31 bits per heavy atom. The number of nitrogens with zero attached hydrogens (tertiary/aromatic N) is 2. The van der Waals surface area contributed by atoms with Crippen molar-refractivity contribution in [1.82, 2.24) is 4.90 Å². The number of aliphatic hydroxyl groups is 1. The number of rotatable bonds is 6. The summed E-state index contributed by atoms with van der Waals surface area (Å²) in [6, 6.07) is 11.2. The summed E-state index contributed by atoms with van der Waals surface area (Å²) < 4.78 is 0. The topological polar surface area (TPSA) is 101 Å². The average molecular weight is 415 g/mol. The van der Waals surface area contributed by atoms with Gasteiger partial charge in [0, 0.05) is 29.3 Å². The molecule has 0 radical (unpaired) electrons. The predicted octanol–water partition coefficient (Wildman–Crippen LogP) is 4.47. The standard InChI is InChI=1S/C21H19ClN2O5/c1-2-3-12-23-18(13-4-8-15(22)9-5-13)17(20(26)21(23)27)19(25)14-6-10-16(11-7-14)24(28)29/h4-11,18,25H,2-3,12H2,1H3/b19-17+. The molecule has 150 valence electrons. The van der Waals surface area contributed by atoms with Crippen molar-refractivity contribution in [3.05, 3.63) is 80.4 Å². The van der Waals surface area contributed by atoms with Crippen LogP contribution in [-0.4, -0.2) is 33.2 Å². The lowest BCUT2D eigenvalue weighted by Gasteiger charge is -2.25. The summed E-state index contributed by atoms with van der Waals surface area (Å²) in [5, 5.41) is 22.2. The molecule has 1 fully saturated rings. The van der Waals surface area contributed by atoms with Gasteiger partial charge in [0.25, 0.3) is 17.4 Å². The fraction of sp³-hybridized carbons (Fsp3) is 0.238. The number of hydrogen-bond acceptors (Lipinski definition) is 5. The van der Waals surface area contributed by atoms with Crippen LogP contribution in [0, 0.1) is 10.1 Å². The van der Waals surface area contributed by atoms with Crippen molar-refractivity contribution < 1.29 is 19.6 Å². The van der Waals surface area contributed by atoms with E-state index in [0.29, 0.717) is 23.6 Å². The van der Waals surface area contributed by atoms with Crippen LogP contribution < -0.4 is 0 Å². The van der Waals surface area contributed by atoms with Gasteiger partial charge in [0.1, 0.15) is 5.76 Å². The zero-order valence-corrected chi connectivity index (χ0v) is 16.4. The maximum Gasteiger partial charge on any atom is 0.295 e. The molecule has 1 N–H and O–H groups in total. The molecule has 8 heteroatoms. The number of nitro benzene ring substituents is 1. The van der Waals surface area contributed by atoms with Crippen molar-refractivity contribution in [3.8, 4) is 0 Å². The Labute approximate surface area is 172 Å². The number of amides is 1. The third kappa shape index (κ3) is 4.00. The van der Waals surface area contributed by atoms with Crippen LogP contribution in [0.15, 0.2) is 54.1 Å². The molecular formula is C21H19ClN2O5. The monoisotopic (exact) mass is 414 g/mol. The first-order valence-electron chi connectivity index (χ1n) is 9.13. The molecule has 2 aromatic carbocycles. The first kappa shape index (κ1) is 20.5. The molecule has 3 rings (SSSR count). The molecule has 1 aliphatic heterocycles. The maximum absolute atomic E-state index is 12.8. The molecule has 0 spiro atoms. The molecule has 1 heterocycles. The summed E-state index contributed by atoms with van der Waals surface area (Å²) >= 11 is 5.97. The molecule has 1 atom stereocenters. The summed E-state index contributed by atoms with van der Waals surface area (Å²) in [5.41, 5.74) is 0.692. The molecule has 0 bridgehead atoms. The lowest BCUT2D eigenvalue weighted by Crippen LogP contribution is -2.30. The van der Waals surface area contributed by atoms with Crippen molar-refractivity contribution in [2.24, 2.45) is 0 Å². The van der Waals surface area contributed by atoms with Gasteiger partial charge < -0.3 is 10.0 Å². The number of unbranched alkanes of at least 4 members (excludes halogenated alkanes) is 1. The fourth-order valence-electron chi connectivity index (χ4n) is 3.33. The smallest absolute Gasteiger partial charge is 0.295 e. The lowest BCUT2D eigenvalue weighted by atomic mass is 9.95. The number of nitro groups is 1. The Balaban J connectivity index is 2.12. The van der Waals surface area contributed by atoms with Crippen molar-refractivity contribution in [3.63, 3.8) is 0 Å². The minimum absolute atomic E-state index is 0.0396. The summed E-state index contributed by atoms with van der Waals surface area (Å²) in [5.74, 6) is -1.82. The Kier molecular flexibility index (Phi) is 5.98. The number of Topliss-reactive ketones (excluding diaryl/α,β-unsaturated/α-hetero) is 1. The molecule has 0 aliphatic carbocycles. The number of aliphatic hydroxyl groups excluding tert-OH is 1. The predicted molar refractivity (Wildman–Crippen MR) is 108 cm³/mol. The quantitative estimate of drug-likeness (QED) is 0.247. The van der Waals surface area contributed by atoms with Crippen LogP contribution in [0.3, 0.4) is 0 Å². The molecule has 1 amide bonds. The summed E-state index contributed by atoms with van der Waals surface area (Å²) in [7, 11) is 0. The average Bonchev–Trinajstić information content (AvgIpc) is 2.97. The molecular weight excluding hydrogens is 396 g/mol. The van der Waals surface area contributed by atoms with E-state index in [1.165, 1.54) is 29.2 Å². The van der Waals surface area contributed by atoms with E-state index in [-0.39, 0.29) is 22.6 Å². The highest BCUT2D eigenvalue weighted by molar-refractivity contribution is 6.46. The zero-order valence-electron chi connectivity index (χ0n) is 15.7. The number of likely N-dealkylation sites (tertiary alicyclic amines) is 1. The van der Waals surface area contributed by atoms with E-state index >= 15 is 0 Å². The van der Waals surface area contributed by atoms with Crippen molar-refractivity contribution in [2.45, 2.75) is 25.8 Å². The van der Waals surface area contributed by atoms with Crippen LogP contribution in [0.1, 0.15) is 36.9 Å². The molecule has 7 nitrogen and oxygen atoms in total. The van der Waals surface area contributed by atoms with E-state index in [1.54, 1.807) is 24.3 Å². The lowest BCUT2D eigenvalue weighted by molar-refractivity contribution is -0.384. The number of hydrogen-bond donors (Lipinski definition) is 1. The number of benzene rings is 2. The van der Waals surface area contributed by atoms with Crippen LogP contribution in [0.4, 0.5) is 5.69 Å². The molecule has 1 unspecified atom stereocenters. The third-order valence-electron chi connectivity index (χ3n) is 4.83. The fourth-order valence-corrected chi connectivity index (χ4v) is 3.45. The van der Waals surface area contributed by atoms with Gasteiger partial charge in [-0.15, -0.1) is 0 Å². The molecule has 0 aromatic heterocycles. The highest BCUT2D eigenvalue weighted by atomic mass is 35.5. The van der Waals surface area contributed by atoms with Gasteiger partial charge in [-0.05, 0) is 36.2 Å². The second-order valence-electron chi connectivity index (χ2n) is 6.70. The normalized spacial score (nSPS) is 18.3. The minimum atomic E-state index is -0.781. The molecule has 1 saturated heterocycles. The summed E-state index contributed by atoms with van der Waals surface area (Å²) in [6.45, 7) is 2.34. The van der Waals surface area contributed by atoms with Gasteiger partial charge in [0.05, 0.1) is 16.5 Å². The Morgan fingerprint density at radius 1 is 1.14 bits per heavy atom. The highest BCUT2D eigenvalue weighted by Gasteiger charge is 2.45. The molecule has 0 saturated carbocycles. The van der Waals surface area contributed by atoms with E-state index in [1.807, 2.05) is 6.92 Å². The Hall–Kier alpha value is -3.19. The molecule has 29 heavy (non-hydrogen) atoms. The molecule has 1 aliphatic rings. The van der Waals surface area contributed by atoms with E-state index in [9.17, 15) is 24.8 Å². The van der Waals surface area contributed by atoms with Gasteiger partial charge in [-0.25, -0.2) is 0 Å². The van der Waals surface area contributed by atoms with E-state index in [2.05, 4.69) is 0 Å². The number of carbonyl (C=O) groups is 2. The highest BCUT2D eigenvalue weighted by Crippen LogP contribution is 2.39. The van der Waals surface area contributed by atoms with Crippen LogP contribution >= 0.6 is 11.6 Å². The third-order valence-corrected chi connectivity index (χ3v) is 5.08. The van der Waals surface area contributed by atoms with Gasteiger partial charge >= 0.3 is 0 Å². The summed E-state index contributed by atoms with van der Waals surface area (Å²) in [4.78, 5) is 37.2. The maximum atomic E-state index is 12.8. The van der Waals surface area contributed by atoms with Crippen molar-refractivity contribution in [2.75, 3.05) is 6.54 Å². The largest absolute Gasteiger partial charge is 0.507 e. The Morgan fingerprint density at radius 2 is 1.76 bits per heavy atom.